The van der Waals surface area contributed by atoms with Gasteiger partial charge in [-0.15, -0.1) is 0 Å². The predicted molar refractivity (Wildman–Crippen MR) is 97.4 cm³/mol. The number of hydrogen-bond acceptors (Lipinski definition) is 5. The quantitative estimate of drug-likeness (QED) is 0.824. The van der Waals surface area contributed by atoms with Gasteiger partial charge in [0.1, 0.15) is 24.7 Å². The first-order chi connectivity index (χ1) is 12.6. The van der Waals surface area contributed by atoms with Gasteiger partial charge in [0.2, 0.25) is 5.91 Å². The molecule has 2 fully saturated rings. The van der Waals surface area contributed by atoms with Crippen molar-refractivity contribution in [3.05, 3.63) is 23.8 Å². The summed E-state index contributed by atoms with van der Waals surface area (Å²) >= 11 is 0. The van der Waals surface area contributed by atoms with E-state index in [-0.39, 0.29) is 18.4 Å². The fourth-order valence-electron chi connectivity index (χ4n) is 3.73. The van der Waals surface area contributed by atoms with Crippen molar-refractivity contribution in [1.82, 2.24) is 9.80 Å². The molecule has 1 saturated carbocycles. The van der Waals surface area contributed by atoms with Crippen molar-refractivity contribution in [1.29, 1.82) is 0 Å². The molecule has 1 aromatic carbocycles. The van der Waals surface area contributed by atoms with Crippen LogP contribution in [0.25, 0.3) is 0 Å². The summed E-state index contributed by atoms with van der Waals surface area (Å²) in [6, 6.07) is 5.43. The Morgan fingerprint density at radius 3 is 2.69 bits per heavy atom. The zero-order valence-electron chi connectivity index (χ0n) is 15.3. The van der Waals surface area contributed by atoms with Crippen LogP contribution in [0.15, 0.2) is 18.2 Å². The Bertz CT molecular complexity index is 658. The molecule has 1 heterocycles. The second kappa shape index (κ2) is 8.40. The van der Waals surface area contributed by atoms with Gasteiger partial charge in [-0.1, -0.05) is 12.8 Å². The molecule has 1 aliphatic carbocycles. The van der Waals surface area contributed by atoms with Crippen molar-refractivity contribution >= 4 is 11.8 Å². The fraction of sp³-hybridized carbons (Fsp3) is 0.579. The van der Waals surface area contributed by atoms with Gasteiger partial charge in [-0.05, 0) is 25.0 Å². The van der Waals surface area contributed by atoms with Crippen LogP contribution >= 0.6 is 0 Å². The fourth-order valence-corrected chi connectivity index (χ4v) is 3.73. The van der Waals surface area contributed by atoms with E-state index in [1.54, 1.807) is 30.2 Å². The van der Waals surface area contributed by atoms with Crippen LogP contribution in [0.4, 0.5) is 0 Å². The van der Waals surface area contributed by atoms with Crippen LogP contribution in [0.3, 0.4) is 0 Å². The van der Waals surface area contributed by atoms with E-state index in [0.717, 1.165) is 12.8 Å². The summed E-state index contributed by atoms with van der Waals surface area (Å²) in [7, 11) is 1.56. The molecular weight excluding hydrogens is 334 g/mol. The van der Waals surface area contributed by atoms with Crippen molar-refractivity contribution in [2.45, 2.75) is 31.7 Å². The van der Waals surface area contributed by atoms with Crippen LogP contribution in [-0.2, 0) is 4.79 Å². The summed E-state index contributed by atoms with van der Waals surface area (Å²) in [5.74, 6) is 0.884. The number of hydrogen-bond donors (Lipinski definition) is 1. The normalized spacial score (nSPS) is 18.3. The number of methoxy groups -OCH3 is 1. The number of nitrogens with zero attached hydrogens (tertiary/aromatic N) is 2. The number of nitrogens with two attached hydrogens (primary N) is 1. The third-order valence-corrected chi connectivity index (χ3v) is 5.10. The molecule has 0 spiro atoms. The van der Waals surface area contributed by atoms with Gasteiger partial charge >= 0.3 is 0 Å². The van der Waals surface area contributed by atoms with E-state index in [4.69, 9.17) is 15.2 Å². The number of amides is 2. The molecule has 7 nitrogen and oxygen atoms in total. The third-order valence-electron chi connectivity index (χ3n) is 5.10. The Morgan fingerprint density at radius 1 is 1.27 bits per heavy atom. The number of piperazine rings is 1. The molecule has 1 saturated heterocycles. The van der Waals surface area contributed by atoms with Crippen molar-refractivity contribution in [2.75, 3.05) is 39.9 Å². The lowest BCUT2D eigenvalue weighted by atomic mass is 10.1. The Kier molecular flexibility index (Phi) is 5.98. The zero-order chi connectivity index (χ0) is 18.5. The molecule has 2 N–H and O–H groups in total. The van der Waals surface area contributed by atoms with Crippen LogP contribution in [0, 0.1) is 0 Å². The summed E-state index contributed by atoms with van der Waals surface area (Å²) in [6.07, 6.45) is 4.53. The number of ether oxygens (including phenoxy) is 2. The molecule has 1 aliphatic heterocycles. The lowest BCUT2D eigenvalue weighted by Crippen LogP contribution is -2.54. The zero-order valence-corrected chi connectivity index (χ0v) is 15.3. The minimum Gasteiger partial charge on any atom is -0.497 e. The highest BCUT2D eigenvalue weighted by atomic mass is 16.5. The van der Waals surface area contributed by atoms with Crippen LogP contribution in [-0.4, -0.2) is 67.6 Å². The van der Waals surface area contributed by atoms with Gasteiger partial charge in [-0.25, -0.2) is 0 Å². The maximum atomic E-state index is 13.0. The van der Waals surface area contributed by atoms with Gasteiger partial charge in [0.15, 0.2) is 0 Å². The van der Waals surface area contributed by atoms with Crippen LogP contribution in [0.2, 0.25) is 0 Å². The molecule has 7 heteroatoms. The summed E-state index contributed by atoms with van der Waals surface area (Å²) in [5.41, 5.74) is 5.94. The van der Waals surface area contributed by atoms with E-state index in [9.17, 15) is 9.59 Å². The van der Waals surface area contributed by atoms with Crippen molar-refractivity contribution in [2.24, 2.45) is 5.73 Å². The summed E-state index contributed by atoms with van der Waals surface area (Å²) in [6.45, 7) is 1.93. The Labute approximate surface area is 154 Å². The topological polar surface area (TPSA) is 85.1 Å². The molecule has 0 atom stereocenters. The van der Waals surface area contributed by atoms with Gasteiger partial charge < -0.3 is 25.0 Å². The maximum absolute atomic E-state index is 13.0. The van der Waals surface area contributed by atoms with Crippen molar-refractivity contribution in [3.8, 4) is 11.5 Å². The SMILES string of the molecule is COc1ccc(C(=O)N2CCN(C3CCCC3)C(=O)C2)c(OCCN)c1. The first-order valence-electron chi connectivity index (χ1n) is 9.23. The largest absolute Gasteiger partial charge is 0.497 e. The molecule has 2 aliphatic rings. The molecule has 2 amide bonds. The average Bonchev–Trinajstić information content (AvgIpc) is 3.19. The molecule has 26 heavy (non-hydrogen) atoms. The number of benzene rings is 1. The molecule has 142 valence electrons. The Balaban J connectivity index is 1.72. The first kappa shape index (κ1) is 18.5. The minimum atomic E-state index is -0.195. The highest BCUT2D eigenvalue weighted by Crippen LogP contribution is 2.28. The minimum absolute atomic E-state index is 0.0365. The van der Waals surface area contributed by atoms with Gasteiger partial charge in [0.25, 0.3) is 5.91 Å². The van der Waals surface area contributed by atoms with Gasteiger partial charge in [0, 0.05) is 31.7 Å². The molecular formula is C19H27N3O4. The second-order valence-electron chi connectivity index (χ2n) is 6.75. The molecule has 0 aromatic heterocycles. The standard InChI is InChI=1S/C19H27N3O4/c1-25-15-6-7-16(17(12-15)26-11-8-20)19(24)21-9-10-22(18(23)13-21)14-4-2-3-5-14/h6-7,12,14H,2-5,8-11,13,20H2,1H3. The Hall–Kier alpha value is -2.28. The van der Waals surface area contributed by atoms with E-state index in [1.165, 1.54) is 12.8 Å². The number of carbonyl (C=O) groups is 2. The molecule has 0 radical (unpaired) electrons. The summed E-state index contributed by atoms with van der Waals surface area (Å²) < 4.78 is 10.8. The third kappa shape index (κ3) is 3.93. The molecule has 3 rings (SSSR count). The van der Waals surface area contributed by atoms with E-state index < -0.39 is 0 Å². The van der Waals surface area contributed by atoms with E-state index in [2.05, 4.69) is 0 Å². The smallest absolute Gasteiger partial charge is 0.258 e. The Morgan fingerprint density at radius 2 is 2.04 bits per heavy atom. The van der Waals surface area contributed by atoms with E-state index in [0.29, 0.717) is 49.3 Å². The van der Waals surface area contributed by atoms with Crippen LogP contribution in [0.5, 0.6) is 11.5 Å². The monoisotopic (exact) mass is 361 g/mol. The highest BCUT2D eigenvalue weighted by Gasteiger charge is 2.33. The first-order valence-corrected chi connectivity index (χ1v) is 9.23. The molecule has 1 aromatic rings. The van der Waals surface area contributed by atoms with Gasteiger partial charge in [0.05, 0.1) is 12.7 Å². The second-order valence-corrected chi connectivity index (χ2v) is 6.75. The predicted octanol–water partition coefficient (Wildman–Crippen LogP) is 1.26. The lowest BCUT2D eigenvalue weighted by Gasteiger charge is -2.38. The molecule has 0 unspecified atom stereocenters. The van der Waals surface area contributed by atoms with Gasteiger partial charge in [-0.2, -0.15) is 0 Å². The number of carbonyl (C=O) groups excluding carboxylic acids is 2. The lowest BCUT2D eigenvalue weighted by molar-refractivity contribution is -0.137. The number of rotatable bonds is 6. The average molecular weight is 361 g/mol. The summed E-state index contributed by atoms with van der Waals surface area (Å²) in [5, 5.41) is 0. The van der Waals surface area contributed by atoms with Crippen molar-refractivity contribution < 1.29 is 19.1 Å². The molecule has 0 bridgehead atoms. The summed E-state index contributed by atoms with van der Waals surface area (Å²) in [4.78, 5) is 29.1. The van der Waals surface area contributed by atoms with Crippen LogP contribution < -0.4 is 15.2 Å². The van der Waals surface area contributed by atoms with Crippen LogP contribution in [0.1, 0.15) is 36.0 Å². The highest BCUT2D eigenvalue weighted by molar-refractivity contribution is 5.99. The van der Waals surface area contributed by atoms with Crippen molar-refractivity contribution in [3.63, 3.8) is 0 Å². The maximum Gasteiger partial charge on any atom is 0.258 e. The van der Waals surface area contributed by atoms with E-state index >= 15 is 0 Å². The van der Waals surface area contributed by atoms with E-state index in [1.807, 2.05) is 4.90 Å². The van der Waals surface area contributed by atoms with Gasteiger partial charge in [-0.3, -0.25) is 9.59 Å².